The molecule has 0 saturated heterocycles. The van der Waals surface area contributed by atoms with Crippen LogP contribution in [-0.2, 0) is 0 Å². The number of halogens is 1. The second kappa shape index (κ2) is 3.71. The highest BCUT2D eigenvalue weighted by Crippen LogP contribution is 2.48. The van der Waals surface area contributed by atoms with E-state index in [1.165, 1.54) is 16.5 Å². The molecule has 1 aromatic rings. The summed E-state index contributed by atoms with van der Waals surface area (Å²) >= 11 is 5.36. The van der Waals surface area contributed by atoms with Gasteiger partial charge < -0.3 is 5.32 Å². The van der Waals surface area contributed by atoms with Crippen molar-refractivity contribution in [2.75, 3.05) is 7.05 Å². The van der Waals surface area contributed by atoms with Crippen molar-refractivity contribution in [3.63, 3.8) is 0 Å². The lowest BCUT2D eigenvalue weighted by atomic mass is 10.1. The Labute approximate surface area is 91.7 Å². The van der Waals surface area contributed by atoms with Gasteiger partial charge in [0.05, 0.1) is 0 Å². The van der Waals surface area contributed by atoms with Gasteiger partial charge in [-0.05, 0) is 52.2 Å². The molecule has 3 unspecified atom stereocenters. The molecule has 0 spiro atoms. The van der Waals surface area contributed by atoms with Gasteiger partial charge in [-0.3, -0.25) is 0 Å². The van der Waals surface area contributed by atoms with E-state index in [9.17, 15) is 0 Å². The van der Waals surface area contributed by atoms with Crippen molar-refractivity contribution in [3.05, 3.63) is 20.8 Å². The fourth-order valence-corrected chi connectivity index (χ4v) is 3.51. The van der Waals surface area contributed by atoms with Gasteiger partial charge in [-0.25, -0.2) is 0 Å². The van der Waals surface area contributed by atoms with Gasteiger partial charge in [0.25, 0.3) is 0 Å². The first-order valence-electron chi connectivity index (χ1n) is 4.63. The van der Waals surface area contributed by atoms with Gasteiger partial charge in [-0.2, -0.15) is 11.3 Å². The smallest absolute Gasteiger partial charge is 0.0368 e. The quantitative estimate of drug-likeness (QED) is 0.878. The second-order valence-electron chi connectivity index (χ2n) is 3.82. The molecule has 1 nitrogen and oxygen atoms in total. The molecule has 0 aromatic carbocycles. The van der Waals surface area contributed by atoms with Crippen molar-refractivity contribution < 1.29 is 0 Å². The minimum absolute atomic E-state index is 0.552. The topological polar surface area (TPSA) is 12.0 Å². The highest BCUT2D eigenvalue weighted by molar-refractivity contribution is 9.10. The van der Waals surface area contributed by atoms with E-state index >= 15 is 0 Å². The van der Waals surface area contributed by atoms with Crippen LogP contribution in [0.15, 0.2) is 15.2 Å². The molecule has 1 aliphatic carbocycles. The standard InChI is InChI=1S/C10H14BrNS/c1-6-3-7(6)10(12-2)8-4-13-5-9(8)11/h4-7,10,12H,3H2,1-2H3. The number of nitrogens with one attached hydrogen (secondary N) is 1. The molecule has 13 heavy (non-hydrogen) atoms. The van der Waals surface area contributed by atoms with Crippen molar-refractivity contribution >= 4 is 27.3 Å². The van der Waals surface area contributed by atoms with Gasteiger partial charge in [-0.1, -0.05) is 6.92 Å². The molecule has 0 aliphatic heterocycles. The van der Waals surface area contributed by atoms with Gasteiger partial charge in [0.15, 0.2) is 0 Å². The van der Waals surface area contributed by atoms with Crippen LogP contribution in [0.2, 0.25) is 0 Å². The van der Waals surface area contributed by atoms with Crippen LogP contribution in [0.5, 0.6) is 0 Å². The van der Waals surface area contributed by atoms with E-state index in [-0.39, 0.29) is 0 Å². The maximum Gasteiger partial charge on any atom is 0.0368 e. The lowest BCUT2D eigenvalue weighted by Gasteiger charge is -2.15. The Bertz CT molecular complexity index is 297. The fourth-order valence-electron chi connectivity index (χ4n) is 1.93. The van der Waals surface area contributed by atoms with Crippen molar-refractivity contribution in [2.45, 2.75) is 19.4 Å². The molecule has 1 fully saturated rings. The number of thiophene rings is 1. The van der Waals surface area contributed by atoms with Gasteiger partial charge in [0.2, 0.25) is 0 Å². The summed E-state index contributed by atoms with van der Waals surface area (Å²) in [7, 11) is 2.06. The predicted octanol–water partition coefficient (Wildman–Crippen LogP) is 3.43. The van der Waals surface area contributed by atoms with Gasteiger partial charge in [0, 0.05) is 15.9 Å². The van der Waals surface area contributed by atoms with Crippen LogP contribution >= 0.6 is 27.3 Å². The Morgan fingerprint density at radius 3 is 2.69 bits per heavy atom. The summed E-state index contributed by atoms with van der Waals surface area (Å²) in [5.41, 5.74) is 1.43. The van der Waals surface area contributed by atoms with Crippen LogP contribution in [0.1, 0.15) is 24.9 Å². The largest absolute Gasteiger partial charge is 0.313 e. The minimum Gasteiger partial charge on any atom is -0.313 e. The van der Waals surface area contributed by atoms with Crippen LogP contribution < -0.4 is 5.32 Å². The van der Waals surface area contributed by atoms with E-state index in [1.807, 2.05) is 0 Å². The second-order valence-corrected chi connectivity index (χ2v) is 5.42. The van der Waals surface area contributed by atoms with Crippen LogP contribution in [-0.4, -0.2) is 7.05 Å². The number of hydrogen-bond acceptors (Lipinski definition) is 2. The normalized spacial score (nSPS) is 28.8. The van der Waals surface area contributed by atoms with Crippen molar-refractivity contribution in [1.29, 1.82) is 0 Å². The third kappa shape index (κ3) is 1.83. The summed E-state index contributed by atoms with van der Waals surface area (Å²) in [5.74, 6) is 1.74. The van der Waals surface area contributed by atoms with Gasteiger partial charge in [0.1, 0.15) is 0 Å². The zero-order valence-electron chi connectivity index (χ0n) is 7.88. The fraction of sp³-hybridized carbons (Fsp3) is 0.600. The van der Waals surface area contributed by atoms with Gasteiger partial charge >= 0.3 is 0 Å². The molecule has 1 aliphatic rings. The predicted molar refractivity (Wildman–Crippen MR) is 61.1 cm³/mol. The van der Waals surface area contributed by atoms with E-state index < -0.39 is 0 Å². The lowest BCUT2D eigenvalue weighted by Crippen LogP contribution is -2.18. The summed E-state index contributed by atoms with van der Waals surface area (Å²) in [6.07, 6.45) is 1.37. The number of hydrogen-bond donors (Lipinski definition) is 1. The Morgan fingerprint density at radius 1 is 1.62 bits per heavy atom. The highest BCUT2D eigenvalue weighted by Gasteiger charge is 2.40. The zero-order valence-corrected chi connectivity index (χ0v) is 10.3. The zero-order chi connectivity index (χ0) is 9.42. The van der Waals surface area contributed by atoms with E-state index in [0.717, 1.165) is 11.8 Å². The molecule has 1 saturated carbocycles. The van der Waals surface area contributed by atoms with E-state index in [1.54, 1.807) is 11.3 Å². The lowest BCUT2D eigenvalue weighted by molar-refractivity contribution is 0.504. The average Bonchev–Trinajstić information content (AvgIpc) is 2.65. The molecular weight excluding hydrogens is 246 g/mol. The molecule has 0 amide bonds. The summed E-state index contributed by atoms with van der Waals surface area (Å²) in [4.78, 5) is 0. The van der Waals surface area contributed by atoms with Crippen LogP contribution in [0.3, 0.4) is 0 Å². The van der Waals surface area contributed by atoms with Crippen LogP contribution in [0.4, 0.5) is 0 Å². The van der Waals surface area contributed by atoms with E-state index in [2.05, 4.69) is 46.0 Å². The molecule has 72 valence electrons. The molecular formula is C10H14BrNS. The van der Waals surface area contributed by atoms with Crippen molar-refractivity contribution in [1.82, 2.24) is 5.32 Å². The Balaban J connectivity index is 2.17. The third-order valence-electron chi connectivity index (χ3n) is 2.89. The maximum atomic E-state index is 3.59. The minimum atomic E-state index is 0.552. The first kappa shape index (κ1) is 9.69. The Hall–Kier alpha value is 0.140. The molecule has 1 N–H and O–H groups in total. The molecule has 0 bridgehead atoms. The van der Waals surface area contributed by atoms with Crippen LogP contribution in [0, 0.1) is 11.8 Å². The molecule has 0 radical (unpaired) electrons. The van der Waals surface area contributed by atoms with Gasteiger partial charge in [-0.15, -0.1) is 0 Å². The van der Waals surface area contributed by atoms with E-state index in [0.29, 0.717) is 6.04 Å². The summed E-state index contributed by atoms with van der Waals surface area (Å²) in [5, 5.41) is 7.82. The Morgan fingerprint density at radius 2 is 2.31 bits per heavy atom. The summed E-state index contributed by atoms with van der Waals surface area (Å²) in [6.45, 7) is 2.33. The molecule has 3 heteroatoms. The Kier molecular flexibility index (Phi) is 2.77. The SMILES string of the molecule is CNC(c1cscc1Br)C1CC1C. The first-order valence-corrected chi connectivity index (χ1v) is 6.36. The highest BCUT2D eigenvalue weighted by atomic mass is 79.9. The molecule has 1 heterocycles. The summed E-state index contributed by atoms with van der Waals surface area (Å²) < 4.78 is 1.26. The van der Waals surface area contributed by atoms with Crippen LogP contribution in [0.25, 0.3) is 0 Å². The monoisotopic (exact) mass is 259 g/mol. The van der Waals surface area contributed by atoms with E-state index in [4.69, 9.17) is 0 Å². The molecule has 2 rings (SSSR count). The summed E-state index contributed by atoms with van der Waals surface area (Å²) in [6, 6.07) is 0.552. The third-order valence-corrected chi connectivity index (χ3v) is 4.64. The first-order chi connectivity index (χ1) is 6.24. The van der Waals surface area contributed by atoms with Crippen molar-refractivity contribution in [3.8, 4) is 0 Å². The maximum absolute atomic E-state index is 3.59. The molecule has 1 aromatic heterocycles. The number of rotatable bonds is 3. The molecule has 3 atom stereocenters. The average molecular weight is 260 g/mol. The van der Waals surface area contributed by atoms with Crippen molar-refractivity contribution in [2.24, 2.45) is 11.8 Å².